The minimum absolute atomic E-state index is 0.0160. The van der Waals surface area contributed by atoms with Gasteiger partial charge in [0.15, 0.2) is 0 Å². The molecule has 1 aromatic carbocycles. The second-order valence-corrected chi connectivity index (χ2v) is 2.92. The van der Waals surface area contributed by atoms with Gasteiger partial charge in [-0.25, -0.2) is 0 Å². The van der Waals surface area contributed by atoms with E-state index in [2.05, 4.69) is 6.07 Å². The monoisotopic (exact) mass is 175 g/mol. The summed E-state index contributed by atoms with van der Waals surface area (Å²) in [6, 6.07) is 9.33. The van der Waals surface area contributed by atoms with E-state index in [0.717, 1.165) is 12.0 Å². The number of hydrogen-bond donors (Lipinski definition) is 2. The van der Waals surface area contributed by atoms with Gasteiger partial charge in [-0.05, 0) is 30.7 Å². The highest BCUT2D eigenvalue weighted by Gasteiger charge is 2.03. The molecule has 0 spiro atoms. The molecule has 13 heavy (non-hydrogen) atoms. The van der Waals surface area contributed by atoms with Crippen molar-refractivity contribution in [3.63, 3.8) is 0 Å². The maximum atomic E-state index is 8.57. The van der Waals surface area contributed by atoms with Crippen LogP contribution < -0.4 is 11.5 Å². The molecule has 3 heteroatoms. The van der Waals surface area contributed by atoms with Gasteiger partial charge in [-0.3, -0.25) is 0 Å². The first kappa shape index (κ1) is 9.72. The summed E-state index contributed by atoms with van der Waals surface area (Å²) in [6.07, 6.45) is 0.770. The Kier molecular flexibility index (Phi) is 3.44. The van der Waals surface area contributed by atoms with E-state index in [1.54, 1.807) is 12.1 Å². The largest absolute Gasteiger partial charge is 0.330 e. The molecule has 0 fully saturated rings. The summed E-state index contributed by atoms with van der Waals surface area (Å²) in [4.78, 5) is 0. The molecule has 0 saturated carbocycles. The molecule has 0 radical (unpaired) electrons. The zero-order valence-corrected chi connectivity index (χ0v) is 7.40. The number of rotatable bonds is 3. The van der Waals surface area contributed by atoms with Crippen molar-refractivity contribution in [1.82, 2.24) is 0 Å². The first-order valence-electron chi connectivity index (χ1n) is 4.23. The lowest BCUT2D eigenvalue weighted by Crippen LogP contribution is -2.15. The molecule has 1 atom stereocenters. The molecule has 0 aliphatic heterocycles. The first-order chi connectivity index (χ1) is 6.27. The van der Waals surface area contributed by atoms with Gasteiger partial charge >= 0.3 is 0 Å². The van der Waals surface area contributed by atoms with Gasteiger partial charge in [-0.1, -0.05) is 12.1 Å². The molecular weight excluding hydrogens is 162 g/mol. The maximum Gasteiger partial charge on any atom is 0.0991 e. The SMILES string of the molecule is N#Cc1ccc([C@H](N)CCN)cc1. The first-order valence-corrected chi connectivity index (χ1v) is 4.23. The molecule has 3 nitrogen and oxygen atoms in total. The van der Waals surface area contributed by atoms with Crippen molar-refractivity contribution in [3.8, 4) is 6.07 Å². The summed E-state index contributed by atoms with van der Waals surface area (Å²) in [5.41, 5.74) is 12.9. The minimum atomic E-state index is -0.0160. The minimum Gasteiger partial charge on any atom is -0.330 e. The smallest absolute Gasteiger partial charge is 0.0991 e. The van der Waals surface area contributed by atoms with Crippen LogP contribution in [0.15, 0.2) is 24.3 Å². The van der Waals surface area contributed by atoms with Crippen LogP contribution in [0.2, 0.25) is 0 Å². The van der Waals surface area contributed by atoms with Crippen LogP contribution in [-0.4, -0.2) is 6.54 Å². The lowest BCUT2D eigenvalue weighted by molar-refractivity contribution is 0.661. The molecule has 1 rings (SSSR count). The third-order valence-electron chi connectivity index (χ3n) is 1.95. The van der Waals surface area contributed by atoms with Crippen LogP contribution in [0.4, 0.5) is 0 Å². The third-order valence-corrected chi connectivity index (χ3v) is 1.95. The molecule has 0 saturated heterocycles. The van der Waals surface area contributed by atoms with E-state index in [9.17, 15) is 0 Å². The lowest BCUT2D eigenvalue weighted by atomic mass is 10.0. The van der Waals surface area contributed by atoms with Gasteiger partial charge in [0, 0.05) is 6.04 Å². The van der Waals surface area contributed by atoms with Crippen LogP contribution in [0.5, 0.6) is 0 Å². The van der Waals surface area contributed by atoms with Crippen LogP contribution in [0, 0.1) is 11.3 Å². The van der Waals surface area contributed by atoms with E-state index in [1.165, 1.54) is 0 Å². The number of nitriles is 1. The second-order valence-electron chi connectivity index (χ2n) is 2.92. The standard InChI is InChI=1S/C10H13N3/c11-6-5-10(13)9-3-1-8(7-12)2-4-9/h1-4,10H,5-6,11,13H2/t10-/m1/s1. The van der Waals surface area contributed by atoms with Crippen molar-refractivity contribution in [2.24, 2.45) is 11.5 Å². The zero-order chi connectivity index (χ0) is 9.68. The fraction of sp³-hybridized carbons (Fsp3) is 0.300. The summed E-state index contributed by atoms with van der Waals surface area (Å²) in [7, 11) is 0. The summed E-state index contributed by atoms with van der Waals surface area (Å²) in [5.74, 6) is 0. The van der Waals surface area contributed by atoms with Crippen LogP contribution in [0.1, 0.15) is 23.6 Å². The van der Waals surface area contributed by atoms with Crippen molar-refractivity contribution >= 4 is 0 Å². The Labute approximate surface area is 78.0 Å². The molecule has 0 amide bonds. The predicted molar refractivity (Wildman–Crippen MR) is 51.8 cm³/mol. The van der Waals surface area contributed by atoms with Gasteiger partial charge in [-0.2, -0.15) is 5.26 Å². The summed E-state index contributed by atoms with van der Waals surface area (Å²) < 4.78 is 0. The number of benzene rings is 1. The fourth-order valence-electron chi connectivity index (χ4n) is 1.15. The Bertz CT molecular complexity index is 297. The van der Waals surface area contributed by atoms with E-state index < -0.39 is 0 Å². The van der Waals surface area contributed by atoms with Gasteiger partial charge in [-0.15, -0.1) is 0 Å². The average molecular weight is 175 g/mol. The Morgan fingerprint density at radius 1 is 1.31 bits per heavy atom. The second kappa shape index (κ2) is 4.61. The third kappa shape index (κ3) is 2.55. The van der Waals surface area contributed by atoms with Gasteiger partial charge in [0.25, 0.3) is 0 Å². The normalized spacial score (nSPS) is 12.1. The van der Waals surface area contributed by atoms with Crippen molar-refractivity contribution < 1.29 is 0 Å². The summed E-state index contributed by atoms with van der Waals surface area (Å²) >= 11 is 0. The topological polar surface area (TPSA) is 75.8 Å². The summed E-state index contributed by atoms with van der Waals surface area (Å²) in [5, 5.41) is 8.57. The van der Waals surface area contributed by atoms with Gasteiger partial charge < -0.3 is 11.5 Å². The number of nitrogens with two attached hydrogens (primary N) is 2. The van der Waals surface area contributed by atoms with E-state index in [-0.39, 0.29) is 6.04 Å². The van der Waals surface area contributed by atoms with Crippen LogP contribution >= 0.6 is 0 Å². The molecule has 0 heterocycles. The van der Waals surface area contributed by atoms with E-state index in [1.807, 2.05) is 12.1 Å². The summed E-state index contributed by atoms with van der Waals surface area (Å²) in [6.45, 7) is 0.584. The molecule has 0 aliphatic carbocycles. The zero-order valence-electron chi connectivity index (χ0n) is 7.40. The Balaban J connectivity index is 2.75. The van der Waals surface area contributed by atoms with Crippen LogP contribution in [0.3, 0.4) is 0 Å². The van der Waals surface area contributed by atoms with Gasteiger partial charge in [0.1, 0.15) is 0 Å². The Morgan fingerprint density at radius 2 is 1.92 bits per heavy atom. The maximum absolute atomic E-state index is 8.57. The molecule has 0 aliphatic rings. The predicted octanol–water partition coefficient (Wildman–Crippen LogP) is 0.907. The number of nitrogens with zero attached hydrogens (tertiary/aromatic N) is 1. The van der Waals surface area contributed by atoms with Crippen molar-refractivity contribution in [2.45, 2.75) is 12.5 Å². The average Bonchev–Trinajstić information content (AvgIpc) is 2.18. The Hall–Kier alpha value is -1.37. The molecular formula is C10H13N3. The van der Waals surface area contributed by atoms with Gasteiger partial charge in [0.05, 0.1) is 11.6 Å². The van der Waals surface area contributed by atoms with Crippen molar-refractivity contribution in [1.29, 1.82) is 5.26 Å². The highest BCUT2D eigenvalue weighted by Crippen LogP contribution is 2.13. The fourth-order valence-corrected chi connectivity index (χ4v) is 1.15. The lowest BCUT2D eigenvalue weighted by Gasteiger charge is -2.09. The molecule has 0 bridgehead atoms. The van der Waals surface area contributed by atoms with Crippen molar-refractivity contribution in [3.05, 3.63) is 35.4 Å². The van der Waals surface area contributed by atoms with Gasteiger partial charge in [0.2, 0.25) is 0 Å². The molecule has 0 aromatic heterocycles. The quantitative estimate of drug-likeness (QED) is 0.716. The van der Waals surface area contributed by atoms with E-state index >= 15 is 0 Å². The van der Waals surface area contributed by atoms with E-state index in [4.69, 9.17) is 16.7 Å². The molecule has 0 unspecified atom stereocenters. The molecule has 4 N–H and O–H groups in total. The number of hydrogen-bond acceptors (Lipinski definition) is 3. The highest BCUT2D eigenvalue weighted by atomic mass is 14.7. The van der Waals surface area contributed by atoms with Crippen molar-refractivity contribution in [2.75, 3.05) is 6.54 Å². The highest BCUT2D eigenvalue weighted by molar-refractivity contribution is 5.32. The van der Waals surface area contributed by atoms with Crippen LogP contribution in [0.25, 0.3) is 0 Å². The molecule has 68 valence electrons. The van der Waals surface area contributed by atoms with Crippen LogP contribution in [-0.2, 0) is 0 Å². The Morgan fingerprint density at radius 3 is 2.38 bits per heavy atom. The molecule has 1 aromatic rings. The van der Waals surface area contributed by atoms with E-state index in [0.29, 0.717) is 12.1 Å².